The molecule has 1 aromatic carbocycles. The van der Waals surface area contributed by atoms with Crippen molar-refractivity contribution in [1.82, 2.24) is 9.80 Å². The standard InChI is InChI=1S/C15H19Cl2N3O2.ClH/c16-12-8-11(9-13(17)10-12)15(22)20-6-4-19(5-7-20)14(21)2-1-3-18;/h8-10H,1-7,18H2;1H. The summed E-state index contributed by atoms with van der Waals surface area (Å²) in [4.78, 5) is 27.9. The first-order valence-corrected chi connectivity index (χ1v) is 8.00. The molecule has 1 fully saturated rings. The van der Waals surface area contributed by atoms with Crippen LogP contribution in [0.25, 0.3) is 0 Å². The Hall–Kier alpha value is -1.01. The first-order valence-electron chi connectivity index (χ1n) is 7.24. The molecule has 0 radical (unpaired) electrons. The summed E-state index contributed by atoms with van der Waals surface area (Å²) in [5.74, 6) is -0.0122. The lowest BCUT2D eigenvalue weighted by Crippen LogP contribution is -2.50. The maximum absolute atomic E-state index is 12.4. The van der Waals surface area contributed by atoms with Crippen LogP contribution in [0.5, 0.6) is 0 Å². The number of halogens is 3. The van der Waals surface area contributed by atoms with E-state index in [0.29, 0.717) is 61.2 Å². The SMILES string of the molecule is Cl.NCCCC(=O)N1CCN(C(=O)c2cc(Cl)cc(Cl)c2)CC1. The highest BCUT2D eigenvalue weighted by molar-refractivity contribution is 6.35. The second-order valence-electron chi connectivity index (χ2n) is 5.22. The fraction of sp³-hybridized carbons (Fsp3) is 0.467. The van der Waals surface area contributed by atoms with Gasteiger partial charge in [0.2, 0.25) is 5.91 Å². The summed E-state index contributed by atoms with van der Waals surface area (Å²) in [6.45, 7) is 2.63. The van der Waals surface area contributed by atoms with Crippen LogP contribution in [0.4, 0.5) is 0 Å². The van der Waals surface area contributed by atoms with Gasteiger partial charge in [0.25, 0.3) is 5.91 Å². The number of carbonyl (C=O) groups excluding carboxylic acids is 2. The number of nitrogens with zero attached hydrogens (tertiary/aromatic N) is 2. The van der Waals surface area contributed by atoms with E-state index < -0.39 is 0 Å². The smallest absolute Gasteiger partial charge is 0.254 e. The van der Waals surface area contributed by atoms with Gasteiger partial charge in [-0.2, -0.15) is 0 Å². The zero-order valence-corrected chi connectivity index (χ0v) is 15.0. The van der Waals surface area contributed by atoms with Crippen LogP contribution >= 0.6 is 35.6 Å². The second kappa shape index (κ2) is 9.33. The van der Waals surface area contributed by atoms with Gasteiger partial charge in [0, 0.05) is 48.2 Å². The molecule has 23 heavy (non-hydrogen) atoms. The van der Waals surface area contributed by atoms with Gasteiger partial charge in [-0.25, -0.2) is 0 Å². The fourth-order valence-corrected chi connectivity index (χ4v) is 2.96. The Balaban J connectivity index is 0.00000264. The van der Waals surface area contributed by atoms with Crippen molar-refractivity contribution < 1.29 is 9.59 Å². The molecule has 1 aromatic rings. The van der Waals surface area contributed by atoms with Crippen molar-refractivity contribution in [1.29, 1.82) is 0 Å². The van der Waals surface area contributed by atoms with Crippen LogP contribution in [0.1, 0.15) is 23.2 Å². The van der Waals surface area contributed by atoms with Crippen LogP contribution in [0.2, 0.25) is 10.0 Å². The molecule has 2 amide bonds. The van der Waals surface area contributed by atoms with Gasteiger partial charge in [-0.1, -0.05) is 23.2 Å². The summed E-state index contributed by atoms with van der Waals surface area (Å²) in [7, 11) is 0. The molecule has 0 bridgehead atoms. The van der Waals surface area contributed by atoms with Gasteiger partial charge < -0.3 is 15.5 Å². The average Bonchev–Trinajstić information content (AvgIpc) is 2.51. The van der Waals surface area contributed by atoms with E-state index in [9.17, 15) is 9.59 Å². The molecule has 0 spiro atoms. The van der Waals surface area contributed by atoms with Crippen molar-refractivity contribution in [3.63, 3.8) is 0 Å². The molecular weight excluding hydrogens is 361 g/mol. The summed E-state index contributed by atoms with van der Waals surface area (Å²) >= 11 is 11.9. The molecule has 1 heterocycles. The summed E-state index contributed by atoms with van der Waals surface area (Å²) in [5, 5.41) is 0.873. The van der Waals surface area contributed by atoms with Gasteiger partial charge in [0.1, 0.15) is 0 Å². The van der Waals surface area contributed by atoms with Crippen LogP contribution in [0, 0.1) is 0 Å². The van der Waals surface area contributed by atoms with Gasteiger partial charge >= 0.3 is 0 Å². The average molecular weight is 381 g/mol. The molecule has 2 N–H and O–H groups in total. The zero-order valence-electron chi connectivity index (χ0n) is 12.6. The van der Waals surface area contributed by atoms with Crippen molar-refractivity contribution in [3.8, 4) is 0 Å². The van der Waals surface area contributed by atoms with E-state index >= 15 is 0 Å². The normalized spacial score (nSPS) is 14.4. The minimum atomic E-state index is -0.113. The van der Waals surface area contributed by atoms with Crippen molar-refractivity contribution >= 4 is 47.4 Å². The molecule has 0 aromatic heterocycles. The Bertz CT molecular complexity index is 541. The minimum Gasteiger partial charge on any atom is -0.339 e. The summed E-state index contributed by atoms with van der Waals surface area (Å²) < 4.78 is 0. The first kappa shape index (κ1) is 20.0. The quantitative estimate of drug-likeness (QED) is 0.872. The topological polar surface area (TPSA) is 66.6 Å². The van der Waals surface area contributed by atoms with Crippen LogP contribution in [0.15, 0.2) is 18.2 Å². The maximum atomic E-state index is 12.4. The third-order valence-corrected chi connectivity index (χ3v) is 4.06. The third kappa shape index (κ3) is 5.53. The molecule has 1 aliphatic rings. The van der Waals surface area contributed by atoms with Crippen LogP contribution < -0.4 is 5.73 Å². The Morgan fingerprint density at radius 3 is 2.04 bits per heavy atom. The lowest BCUT2D eigenvalue weighted by atomic mass is 10.1. The van der Waals surface area contributed by atoms with Crippen molar-refractivity contribution in [3.05, 3.63) is 33.8 Å². The Labute approximate surface area is 152 Å². The van der Waals surface area contributed by atoms with E-state index in [2.05, 4.69) is 0 Å². The Kier molecular flexibility index (Phi) is 8.12. The molecule has 1 saturated heterocycles. The Morgan fingerprint density at radius 2 is 1.52 bits per heavy atom. The minimum absolute atomic E-state index is 0. The van der Waals surface area contributed by atoms with Crippen LogP contribution in [-0.2, 0) is 4.79 Å². The first-order chi connectivity index (χ1) is 10.5. The number of carbonyl (C=O) groups is 2. The van der Waals surface area contributed by atoms with E-state index in [1.54, 1.807) is 28.0 Å². The van der Waals surface area contributed by atoms with E-state index in [1.807, 2.05) is 0 Å². The molecule has 5 nitrogen and oxygen atoms in total. The number of amides is 2. The largest absolute Gasteiger partial charge is 0.339 e. The monoisotopic (exact) mass is 379 g/mol. The van der Waals surface area contributed by atoms with E-state index in [0.717, 1.165) is 0 Å². The van der Waals surface area contributed by atoms with Gasteiger partial charge in [-0.15, -0.1) is 12.4 Å². The van der Waals surface area contributed by atoms with Gasteiger partial charge in [-0.3, -0.25) is 9.59 Å². The molecular formula is C15H20Cl3N3O2. The van der Waals surface area contributed by atoms with Gasteiger partial charge in [0.05, 0.1) is 0 Å². The van der Waals surface area contributed by atoms with E-state index in [4.69, 9.17) is 28.9 Å². The molecule has 8 heteroatoms. The Morgan fingerprint density at radius 1 is 1.00 bits per heavy atom. The van der Waals surface area contributed by atoms with Crippen LogP contribution in [-0.4, -0.2) is 54.3 Å². The highest BCUT2D eigenvalue weighted by atomic mass is 35.5. The number of nitrogens with two attached hydrogens (primary N) is 1. The number of piperazine rings is 1. The molecule has 0 atom stereocenters. The lowest BCUT2D eigenvalue weighted by Gasteiger charge is -2.35. The van der Waals surface area contributed by atoms with Crippen LogP contribution in [0.3, 0.4) is 0 Å². The number of benzene rings is 1. The molecule has 0 aliphatic carbocycles. The summed E-state index contributed by atoms with van der Waals surface area (Å²) in [5.41, 5.74) is 5.88. The predicted molar refractivity (Wildman–Crippen MR) is 94.5 cm³/mol. The van der Waals surface area contributed by atoms with E-state index in [-0.39, 0.29) is 24.2 Å². The van der Waals surface area contributed by atoms with Gasteiger partial charge in [-0.05, 0) is 31.2 Å². The number of hydrogen-bond acceptors (Lipinski definition) is 3. The summed E-state index contributed by atoms with van der Waals surface area (Å²) in [6.07, 6.45) is 1.16. The molecule has 0 saturated carbocycles. The lowest BCUT2D eigenvalue weighted by molar-refractivity contribution is -0.132. The molecule has 1 aliphatic heterocycles. The third-order valence-electron chi connectivity index (χ3n) is 3.62. The predicted octanol–water partition coefficient (Wildman–Crippen LogP) is 2.44. The second-order valence-corrected chi connectivity index (χ2v) is 6.10. The molecule has 0 unspecified atom stereocenters. The highest BCUT2D eigenvalue weighted by Crippen LogP contribution is 2.20. The highest BCUT2D eigenvalue weighted by Gasteiger charge is 2.24. The van der Waals surface area contributed by atoms with Crippen molar-refractivity contribution in [2.24, 2.45) is 5.73 Å². The number of hydrogen-bond donors (Lipinski definition) is 1. The fourth-order valence-electron chi connectivity index (χ4n) is 2.43. The molecule has 128 valence electrons. The van der Waals surface area contributed by atoms with Crippen molar-refractivity contribution in [2.75, 3.05) is 32.7 Å². The maximum Gasteiger partial charge on any atom is 0.254 e. The van der Waals surface area contributed by atoms with E-state index in [1.165, 1.54) is 0 Å². The zero-order chi connectivity index (χ0) is 16.1. The van der Waals surface area contributed by atoms with Crippen molar-refractivity contribution in [2.45, 2.75) is 12.8 Å². The summed E-state index contributed by atoms with van der Waals surface area (Å²) in [6, 6.07) is 4.80. The van der Waals surface area contributed by atoms with Gasteiger partial charge in [0.15, 0.2) is 0 Å². The number of rotatable bonds is 4. The molecule has 2 rings (SSSR count).